The minimum Gasteiger partial charge on any atom is -0.323 e. The lowest BCUT2D eigenvalue weighted by Crippen LogP contribution is -2.08. The van der Waals surface area contributed by atoms with Crippen molar-refractivity contribution in [2.45, 2.75) is 19.9 Å². The van der Waals surface area contributed by atoms with Crippen molar-refractivity contribution in [3.63, 3.8) is 0 Å². The Morgan fingerprint density at radius 1 is 1.33 bits per heavy atom. The van der Waals surface area contributed by atoms with Crippen molar-refractivity contribution in [1.29, 1.82) is 0 Å². The minimum atomic E-state index is -0.237. The van der Waals surface area contributed by atoms with E-state index in [1.807, 2.05) is 25.8 Å². The lowest BCUT2D eigenvalue weighted by Gasteiger charge is -2.15. The fourth-order valence-corrected chi connectivity index (χ4v) is 2.74. The molecule has 2 aromatic rings. The van der Waals surface area contributed by atoms with Gasteiger partial charge in [-0.05, 0) is 38.1 Å². The molecule has 0 radical (unpaired) electrons. The summed E-state index contributed by atoms with van der Waals surface area (Å²) < 4.78 is 12.9. The van der Waals surface area contributed by atoms with Crippen LogP contribution < -0.4 is 10.6 Å². The van der Waals surface area contributed by atoms with Crippen LogP contribution in [-0.4, -0.2) is 12.0 Å². The number of anilines is 2. The highest BCUT2D eigenvalue weighted by molar-refractivity contribution is 7.15. The van der Waals surface area contributed by atoms with Gasteiger partial charge in [0, 0.05) is 23.7 Å². The van der Waals surface area contributed by atoms with Crippen molar-refractivity contribution in [3.8, 4) is 0 Å². The lowest BCUT2D eigenvalue weighted by molar-refractivity contribution is 0.628. The van der Waals surface area contributed by atoms with Crippen molar-refractivity contribution in [2.75, 3.05) is 11.9 Å². The smallest absolute Gasteiger partial charge is 0.190 e. The van der Waals surface area contributed by atoms with E-state index in [-0.39, 0.29) is 11.9 Å². The van der Waals surface area contributed by atoms with Gasteiger partial charge in [-0.1, -0.05) is 11.3 Å². The molecule has 2 rings (SSSR count). The van der Waals surface area contributed by atoms with E-state index < -0.39 is 0 Å². The van der Waals surface area contributed by atoms with E-state index in [2.05, 4.69) is 4.98 Å². The van der Waals surface area contributed by atoms with Crippen LogP contribution >= 0.6 is 11.3 Å². The third-order valence-electron chi connectivity index (χ3n) is 2.74. The van der Waals surface area contributed by atoms with E-state index in [1.165, 1.54) is 12.1 Å². The molecule has 0 aliphatic carbocycles. The number of aryl methyl sites for hydroxylation is 1. The Labute approximate surface area is 110 Å². The fraction of sp³-hybridized carbons (Fsp3) is 0.308. The van der Waals surface area contributed by atoms with E-state index in [0.717, 1.165) is 21.4 Å². The molecule has 1 atom stereocenters. The van der Waals surface area contributed by atoms with Crippen LogP contribution in [0.1, 0.15) is 23.5 Å². The Bertz CT molecular complexity index is 534. The Kier molecular flexibility index (Phi) is 3.63. The van der Waals surface area contributed by atoms with Gasteiger partial charge in [-0.25, -0.2) is 9.37 Å². The predicted octanol–water partition coefficient (Wildman–Crippen LogP) is 3.38. The first-order valence-corrected chi connectivity index (χ1v) is 6.53. The number of hydrogen-bond donors (Lipinski definition) is 1. The molecule has 18 heavy (non-hydrogen) atoms. The molecule has 1 unspecified atom stereocenters. The highest BCUT2D eigenvalue weighted by Gasteiger charge is 2.14. The zero-order chi connectivity index (χ0) is 13.3. The number of nitrogens with two attached hydrogens (primary N) is 1. The van der Waals surface area contributed by atoms with Crippen LogP contribution in [0, 0.1) is 12.7 Å². The molecule has 0 bridgehead atoms. The average Bonchev–Trinajstić information content (AvgIpc) is 2.71. The summed E-state index contributed by atoms with van der Waals surface area (Å²) in [5, 5.41) is 0.867. The number of hydrogen-bond acceptors (Lipinski definition) is 4. The molecule has 2 N–H and O–H groups in total. The van der Waals surface area contributed by atoms with Gasteiger partial charge < -0.3 is 10.6 Å². The second-order valence-corrected chi connectivity index (χ2v) is 5.28. The standard InChI is InChI=1S/C13H16FN3S/c1-8(15)12-9(2)16-13(18-12)17(3)11-6-4-10(14)5-7-11/h4-8H,15H2,1-3H3. The van der Waals surface area contributed by atoms with Crippen molar-refractivity contribution >= 4 is 22.2 Å². The van der Waals surface area contributed by atoms with E-state index >= 15 is 0 Å². The lowest BCUT2D eigenvalue weighted by atomic mass is 10.2. The topological polar surface area (TPSA) is 42.2 Å². The second kappa shape index (κ2) is 5.04. The van der Waals surface area contributed by atoms with Gasteiger partial charge in [0.25, 0.3) is 0 Å². The second-order valence-electron chi connectivity index (χ2n) is 4.27. The summed E-state index contributed by atoms with van der Waals surface area (Å²) in [5.41, 5.74) is 7.75. The van der Waals surface area contributed by atoms with Gasteiger partial charge in [0.15, 0.2) is 5.13 Å². The summed E-state index contributed by atoms with van der Waals surface area (Å²) >= 11 is 1.57. The molecule has 5 heteroatoms. The fourth-order valence-electron chi connectivity index (χ4n) is 1.73. The van der Waals surface area contributed by atoms with E-state index in [9.17, 15) is 4.39 Å². The third-order valence-corrected chi connectivity index (χ3v) is 4.17. The first kappa shape index (κ1) is 13.0. The molecule has 0 aliphatic heterocycles. The molecule has 0 spiro atoms. The number of thiazole rings is 1. The Morgan fingerprint density at radius 2 is 1.94 bits per heavy atom. The van der Waals surface area contributed by atoms with E-state index in [0.29, 0.717) is 0 Å². The summed E-state index contributed by atoms with van der Waals surface area (Å²) in [7, 11) is 1.91. The largest absolute Gasteiger partial charge is 0.323 e. The molecular formula is C13H16FN3S. The van der Waals surface area contributed by atoms with Crippen LogP contribution in [0.15, 0.2) is 24.3 Å². The van der Waals surface area contributed by atoms with Gasteiger partial charge in [0.1, 0.15) is 5.82 Å². The van der Waals surface area contributed by atoms with Gasteiger partial charge in [0.2, 0.25) is 0 Å². The maximum atomic E-state index is 12.9. The maximum absolute atomic E-state index is 12.9. The number of halogens is 1. The molecule has 0 aliphatic rings. The molecule has 1 heterocycles. The SMILES string of the molecule is Cc1nc(N(C)c2ccc(F)cc2)sc1C(C)N. The number of rotatable bonds is 3. The minimum absolute atomic E-state index is 0.0159. The van der Waals surface area contributed by atoms with Gasteiger partial charge >= 0.3 is 0 Å². The highest BCUT2D eigenvalue weighted by Crippen LogP contribution is 2.32. The zero-order valence-electron chi connectivity index (χ0n) is 10.6. The quantitative estimate of drug-likeness (QED) is 0.925. The molecule has 3 nitrogen and oxygen atoms in total. The number of aromatic nitrogens is 1. The van der Waals surface area contributed by atoms with Crippen molar-refractivity contribution in [1.82, 2.24) is 4.98 Å². The number of benzene rings is 1. The average molecular weight is 265 g/mol. The van der Waals surface area contributed by atoms with E-state index in [1.54, 1.807) is 23.5 Å². The maximum Gasteiger partial charge on any atom is 0.190 e. The summed E-state index contributed by atoms with van der Waals surface area (Å²) in [4.78, 5) is 7.52. The molecule has 0 amide bonds. The third kappa shape index (κ3) is 2.52. The van der Waals surface area contributed by atoms with Gasteiger partial charge in [-0.2, -0.15) is 0 Å². The van der Waals surface area contributed by atoms with Gasteiger partial charge in [0.05, 0.1) is 5.69 Å². The van der Waals surface area contributed by atoms with E-state index in [4.69, 9.17) is 5.73 Å². The Balaban J connectivity index is 2.31. The normalized spacial score (nSPS) is 12.5. The monoisotopic (exact) mass is 265 g/mol. The first-order chi connectivity index (χ1) is 8.49. The van der Waals surface area contributed by atoms with Crippen LogP contribution in [0.3, 0.4) is 0 Å². The summed E-state index contributed by atoms with van der Waals surface area (Å²) in [6.07, 6.45) is 0. The molecule has 0 saturated carbocycles. The molecule has 1 aromatic carbocycles. The van der Waals surface area contributed by atoms with Crippen LogP contribution in [-0.2, 0) is 0 Å². The molecule has 1 aromatic heterocycles. The predicted molar refractivity (Wildman–Crippen MR) is 73.9 cm³/mol. The van der Waals surface area contributed by atoms with Gasteiger partial charge in [-0.3, -0.25) is 0 Å². The van der Waals surface area contributed by atoms with Crippen molar-refractivity contribution in [2.24, 2.45) is 5.73 Å². The zero-order valence-corrected chi connectivity index (χ0v) is 11.5. The number of nitrogens with zero attached hydrogens (tertiary/aromatic N) is 2. The first-order valence-electron chi connectivity index (χ1n) is 5.71. The molecule has 0 fully saturated rings. The van der Waals surface area contributed by atoms with Crippen molar-refractivity contribution in [3.05, 3.63) is 40.7 Å². The van der Waals surface area contributed by atoms with Crippen LogP contribution in [0.5, 0.6) is 0 Å². The van der Waals surface area contributed by atoms with Crippen LogP contribution in [0.2, 0.25) is 0 Å². The molecule has 0 saturated heterocycles. The summed E-state index contributed by atoms with van der Waals surface area (Å²) in [6.45, 7) is 3.90. The molecule has 96 valence electrons. The van der Waals surface area contributed by atoms with Gasteiger partial charge in [-0.15, -0.1) is 0 Å². The Hall–Kier alpha value is -1.46. The van der Waals surface area contributed by atoms with Crippen LogP contribution in [0.4, 0.5) is 15.2 Å². The summed E-state index contributed by atoms with van der Waals surface area (Å²) in [5.74, 6) is -0.237. The summed E-state index contributed by atoms with van der Waals surface area (Å²) in [6, 6.07) is 6.34. The Morgan fingerprint density at radius 3 is 2.44 bits per heavy atom. The van der Waals surface area contributed by atoms with Crippen LogP contribution in [0.25, 0.3) is 0 Å². The van der Waals surface area contributed by atoms with Crippen molar-refractivity contribution < 1.29 is 4.39 Å². The highest BCUT2D eigenvalue weighted by atomic mass is 32.1. The molecular weight excluding hydrogens is 249 g/mol.